The molecule has 0 rings (SSSR count). The minimum Gasteiger partial charge on any atom is -0.381 e. The summed E-state index contributed by atoms with van der Waals surface area (Å²) in [5, 5.41) is 0. The van der Waals surface area contributed by atoms with Crippen molar-refractivity contribution in [2.75, 3.05) is 19.8 Å². The van der Waals surface area contributed by atoms with Crippen LogP contribution >= 0.6 is 0 Å². The van der Waals surface area contributed by atoms with Crippen molar-refractivity contribution in [3.63, 3.8) is 0 Å². The summed E-state index contributed by atoms with van der Waals surface area (Å²) in [6.45, 7) is 13.8. The van der Waals surface area contributed by atoms with E-state index in [1.54, 1.807) is 0 Å². The highest BCUT2D eigenvalue weighted by Gasteiger charge is 2.08. The van der Waals surface area contributed by atoms with Crippen molar-refractivity contribution in [2.45, 2.75) is 131 Å². The minimum atomic E-state index is 0.341. The highest BCUT2D eigenvalue weighted by Crippen LogP contribution is 2.22. The summed E-state index contributed by atoms with van der Waals surface area (Å²) in [5.41, 5.74) is 0.522. The lowest BCUT2D eigenvalue weighted by atomic mass is 9.89. The van der Waals surface area contributed by atoms with Crippen LogP contribution in [0.3, 0.4) is 0 Å². The molecule has 0 spiro atoms. The Morgan fingerprint density at radius 2 is 0.962 bits per heavy atom. The molecule has 158 valence electrons. The second kappa shape index (κ2) is 18.3. The van der Waals surface area contributed by atoms with Gasteiger partial charge >= 0.3 is 0 Å². The number of hydrogen-bond acceptors (Lipinski definition) is 2. The summed E-state index contributed by atoms with van der Waals surface area (Å²) in [4.78, 5) is 0. The van der Waals surface area contributed by atoms with Gasteiger partial charge in [0.15, 0.2) is 0 Å². The molecule has 2 heteroatoms. The Balaban J connectivity index is 3.03. The third kappa shape index (κ3) is 23.9. The second-order valence-corrected chi connectivity index (χ2v) is 9.44. The average molecular weight is 371 g/mol. The fraction of sp³-hybridized carbons (Fsp3) is 1.00. The van der Waals surface area contributed by atoms with Crippen LogP contribution in [-0.4, -0.2) is 25.9 Å². The average Bonchev–Trinajstić information content (AvgIpc) is 2.55. The monoisotopic (exact) mass is 370 g/mol. The van der Waals surface area contributed by atoms with Crippen molar-refractivity contribution < 1.29 is 9.47 Å². The molecule has 0 atom stereocenters. The topological polar surface area (TPSA) is 18.5 Å². The fourth-order valence-corrected chi connectivity index (χ4v) is 3.21. The first-order valence-electron chi connectivity index (χ1n) is 11.6. The lowest BCUT2D eigenvalue weighted by Gasteiger charge is -2.17. The Labute approximate surface area is 165 Å². The van der Waals surface area contributed by atoms with Gasteiger partial charge in [0, 0.05) is 19.8 Å². The summed E-state index contributed by atoms with van der Waals surface area (Å²) in [6.07, 6.45) is 19.6. The number of unbranched alkanes of at least 4 members (excludes halogenated alkanes) is 11. The van der Waals surface area contributed by atoms with Crippen LogP contribution < -0.4 is 0 Å². The van der Waals surface area contributed by atoms with Gasteiger partial charge in [-0.15, -0.1) is 0 Å². The number of rotatable bonds is 19. The van der Waals surface area contributed by atoms with Crippen molar-refractivity contribution in [1.29, 1.82) is 0 Å². The fourth-order valence-electron chi connectivity index (χ4n) is 3.21. The van der Waals surface area contributed by atoms with Gasteiger partial charge in [-0.3, -0.25) is 0 Å². The second-order valence-electron chi connectivity index (χ2n) is 9.44. The van der Waals surface area contributed by atoms with E-state index in [0.29, 0.717) is 11.5 Å². The van der Waals surface area contributed by atoms with Crippen molar-refractivity contribution in [3.8, 4) is 0 Å². The molecule has 0 bridgehead atoms. The molecular weight excluding hydrogens is 320 g/mol. The van der Waals surface area contributed by atoms with Crippen LogP contribution in [0.2, 0.25) is 0 Å². The zero-order valence-electron chi connectivity index (χ0n) is 18.9. The maximum atomic E-state index is 5.65. The molecule has 26 heavy (non-hydrogen) atoms. The van der Waals surface area contributed by atoms with Crippen molar-refractivity contribution in [1.82, 2.24) is 0 Å². The number of ether oxygens (including phenoxy) is 2. The van der Waals surface area contributed by atoms with Crippen LogP contribution in [-0.2, 0) is 9.47 Å². The molecule has 0 aliphatic carbocycles. The van der Waals surface area contributed by atoms with E-state index < -0.39 is 0 Å². The van der Waals surface area contributed by atoms with Crippen LogP contribution in [0.1, 0.15) is 125 Å². The Bertz CT molecular complexity index is 268. The predicted molar refractivity (Wildman–Crippen MR) is 116 cm³/mol. The van der Waals surface area contributed by atoms with Crippen LogP contribution in [0.4, 0.5) is 0 Å². The van der Waals surface area contributed by atoms with Gasteiger partial charge < -0.3 is 9.47 Å². The van der Waals surface area contributed by atoms with E-state index in [4.69, 9.17) is 9.47 Å². The van der Waals surface area contributed by atoms with E-state index in [0.717, 1.165) is 26.2 Å². The standard InChI is InChI=1S/C24H50O2/c1-23(2)26-22-18-21-25-20-17-15-13-11-9-7-6-8-10-12-14-16-19-24(3,4)5/h23H,6-22H2,1-5H3. The van der Waals surface area contributed by atoms with E-state index in [2.05, 4.69) is 34.6 Å². The molecule has 0 aromatic carbocycles. The zero-order chi connectivity index (χ0) is 19.5. The molecule has 0 amide bonds. The molecule has 0 radical (unpaired) electrons. The molecule has 0 heterocycles. The molecule has 2 nitrogen and oxygen atoms in total. The molecule has 0 aliphatic heterocycles. The maximum Gasteiger partial charge on any atom is 0.0518 e. The van der Waals surface area contributed by atoms with Gasteiger partial charge in [-0.2, -0.15) is 0 Å². The van der Waals surface area contributed by atoms with E-state index in [9.17, 15) is 0 Å². The molecule has 0 aliphatic rings. The van der Waals surface area contributed by atoms with Crippen LogP contribution in [0, 0.1) is 5.41 Å². The van der Waals surface area contributed by atoms with Crippen LogP contribution in [0.25, 0.3) is 0 Å². The smallest absolute Gasteiger partial charge is 0.0518 e. The first kappa shape index (κ1) is 25.9. The Kier molecular flexibility index (Phi) is 18.2. The van der Waals surface area contributed by atoms with Gasteiger partial charge in [-0.1, -0.05) is 91.4 Å². The highest BCUT2D eigenvalue weighted by atomic mass is 16.5. The molecule has 0 aromatic heterocycles. The van der Waals surface area contributed by atoms with Gasteiger partial charge in [-0.05, 0) is 38.5 Å². The molecule has 0 fully saturated rings. The van der Waals surface area contributed by atoms with E-state index in [1.807, 2.05) is 0 Å². The van der Waals surface area contributed by atoms with Gasteiger partial charge in [0.25, 0.3) is 0 Å². The van der Waals surface area contributed by atoms with Gasteiger partial charge in [-0.25, -0.2) is 0 Å². The quantitative estimate of drug-likeness (QED) is 0.215. The maximum absolute atomic E-state index is 5.65. The lowest BCUT2D eigenvalue weighted by Crippen LogP contribution is -2.07. The molecule has 0 N–H and O–H groups in total. The van der Waals surface area contributed by atoms with Crippen molar-refractivity contribution in [2.24, 2.45) is 5.41 Å². The van der Waals surface area contributed by atoms with Gasteiger partial charge in [0.1, 0.15) is 0 Å². The van der Waals surface area contributed by atoms with Crippen LogP contribution in [0.15, 0.2) is 0 Å². The van der Waals surface area contributed by atoms with Crippen LogP contribution in [0.5, 0.6) is 0 Å². The highest BCUT2D eigenvalue weighted by molar-refractivity contribution is 4.61. The van der Waals surface area contributed by atoms with E-state index >= 15 is 0 Å². The normalized spacial score (nSPS) is 12.2. The SMILES string of the molecule is CC(C)OCCCOCCCCCCCCCCCCCCC(C)(C)C. The summed E-state index contributed by atoms with van der Waals surface area (Å²) < 4.78 is 11.2. The van der Waals surface area contributed by atoms with Gasteiger partial charge in [0.05, 0.1) is 6.10 Å². The minimum absolute atomic E-state index is 0.341. The molecule has 0 saturated heterocycles. The molecular formula is C24H50O2. The summed E-state index contributed by atoms with van der Waals surface area (Å²) in [7, 11) is 0. The third-order valence-electron chi connectivity index (χ3n) is 4.85. The lowest BCUT2D eigenvalue weighted by molar-refractivity contribution is 0.0507. The summed E-state index contributed by atoms with van der Waals surface area (Å²) in [5.74, 6) is 0. The largest absolute Gasteiger partial charge is 0.381 e. The van der Waals surface area contributed by atoms with E-state index in [-0.39, 0.29) is 0 Å². The molecule has 0 saturated carbocycles. The zero-order valence-corrected chi connectivity index (χ0v) is 18.9. The first-order chi connectivity index (χ1) is 12.4. The molecule has 0 unspecified atom stereocenters. The third-order valence-corrected chi connectivity index (χ3v) is 4.85. The van der Waals surface area contributed by atoms with E-state index in [1.165, 1.54) is 83.5 Å². The Morgan fingerprint density at radius 3 is 1.42 bits per heavy atom. The predicted octanol–water partition coefficient (Wildman–Crippen LogP) is 7.94. The van der Waals surface area contributed by atoms with Gasteiger partial charge in [0.2, 0.25) is 0 Å². The van der Waals surface area contributed by atoms with Crippen molar-refractivity contribution >= 4 is 0 Å². The number of hydrogen-bond donors (Lipinski definition) is 0. The summed E-state index contributed by atoms with van der Waals surface area (Å²) >= 11 is 0. The Morgan fingerprint density at radius 1 is 0.538 bits per heavy atom. The first-order valence-corrected chi connectivity index (χ1v) is 11.6. The summed E-state index contributed by atoms with van der Waals surface area (Å²) in [6, 6.07) is 0. The van der Waals surface area contributed by atoms with Crippen molar-refractivity contribution in [3.05, 3.63) is 0 Å². The molecule has 0 aromatic rings. The Hall–Kier alpha value is -0.0800.